The van der Waals surface area contributed by atoms with Gasteiger partial charge in [0.2, 0.25) is 0 Å². The second-order valence-electron chi connectivity index (χ2n) is 7.97. The quantitative estimate of drug-likeness (QED) is 0.473. The van der Waals surface area contributed by atoms with Crippen LogP contribution in [-0.2, 0) is 4.74 Å². The number of ether oxygens (including phenoxy) is 1. The van der Waals surface area contributed by atoms with Crippen LogP contribution in [0.4, 0.5) is 0 Å². The van der Waals surface area contributed by atoms with Gasteiger partial charge in [0.25, 0.3) is 0 Å². The number of benzene rings is 1. The van der Waals surface area contributed by atoms with Crippen molar-refractivity contribution in [3.8, 4) is 0 Å². The molecule has 2 fully saturated rings. The summed E-state index contributed by atoms with van der Waals surface area (Å²) < 4.78 is 5.84. The average Bonchev–Trinajstić information content (AvgIpc) is 3.28. The van der Waals surface area contributed by atoms with Crippen molar-refractivity contribution in [1.29, 1.82) is 0 Å². The first kappa shape index (κ1) is 22.4. The van der Waals surface area contributed by atoms with E-state index in [-0.39, 0.29) is 4.75 Å². The summed E-state index contributed by atoms with van der Waals surface area (Å²) in [4.78, 5) is 7.63. The summed E-state index contributed by atoms with van der Waals surface area (Å²) in [7, 11) is 0. The lowest BCUT2D eigenvalue weighted by Crippen LogP contribution is -2.44. The van der Waals surface area contributed by atoms with Crippen LogP contribution >= 0.6 is 11.8 Å². The van der Waals surface area contributed by atoms with E-state index in [2.05, 4.69) is 71.5 Å². The first-order chi connectivity index (χ1) is 14.3. The highest BCUT2D eigenvalue weighted by Crippen LogP contribution is 2.35. The molecule has 0 spiro atoms. The zero-order valence-electron chi connectivity index (χ0n) is 18.2. The SMILES string of the molecule is CCNC(=NCC1(SCC)CCOCC1)NCC(c1ccccc1)N1CCCC1. The van der Waals surface area contributed by atoms with E-state index < -0.39 is 0 Å². The van der Waals surface area contributed by atoms with Gasteiger partial charge in [0.05, 0.1) is 12.6 Å². The predicted molar refractivity (Wildman–Crippen MR) is 125 cm³/mol. The van der Waals surface area contributed by atoms with Gasteiger partial charge in [0.1, 0.15) is 0 Å². The normalized spacial score (nSPS) is 21.1. The lowest BCUT2D eigenvalue weighted by Gasteiger charge is -2.35. The lowest BCUT2D eigenvalue weighted by atomic mass is 9.99. The van der Waals surface area contributed by atoms with Gasteiger partial charge in [0, 0.05) is 31.1 Å². The summed E-state index contributed by atoms with van der Waals surface area (Å²) in [5.41, 5.74) is 1.39. The van der Waals surface area contributed by atoms with Crippen molar-refractivity contribution in [3.05, 3.63) is 35.9 Å². The monoisotopic (exact) mass is 418 g/mol. The van der Waals surface area contributed by atoms with Gasteiger partial charge in [-0.25, -0.2) is 0 Å². The first-order valence-corrected chi connectivity index (χ1v) is 12.3. The van der Waals surface area contributed by atoms with Crippen molar-refractivity contribution in [2.75, 3.05) is 51.7 Å². The molecule has 0 amide bonds. The maximum atomic E-state index is 5.61. The number of rotatable bonds is 9. The third-order valence-corrected chi connectivity index (χ3v) is 7.39. The van der Waals surface area contributed by atoms with Crippen LogP contribution < -0.4 is 10.6 Å². The molecule has 162 valence electrons. The van der Waals surface area contributed by atoms with Crippen LogP contribution in [0.5, 0.6) is 0 Å². The summed E-state index contributed by atoms with van der Waals surface area (Å²) in [5.74, 6) is 2.07. The van der Waals surface area contributed by atoms with E-state index in [1.165, 1.54) is 31.5 Å². The molecule has 29 heavy (non-hydrogen) atoms. The molecule has 0 aliphatic carbocycles. The highest BCUT2D eigenvalue weighted by Gasteiger charge is 2.32. The molecule has 2 aliphatic heterocycles. The minimum absolute atomic E-state index is 0.225. The van der Waals surface area contributed by atoms with Crippen molar-refractivity contribution < 1.29 is 4.74 Å². The molecular formula is C23H38N4OS. The molecule has 6 heteroatoms. The third kappa shape index (κ3) is 6.63. The smallest absolute Gasteiger partial charge is 0.191 e. The summed E-state index contributed by atoms with van der Waals surface area (Å²) >= 11 is 2.05. The van der Waals surface area contributed by atoms with E-state index in [9.17, 15) is 0 Å². The van der Waals surface area contributed by atoms with E-state index >= 15 is 0 Å². The molecule has 0 radical (unpaired) electrons. The Hall–Kier alpha value is -1.24. The Morgan fingerprint density at radius 1 is 1.14 bits per heavy atom. The Labute approximate surface area is 181 Å². The summed E-state index contributed by atoms with van der Waals surface area (Å²) in [6.45, 7) is 11.1. The number of guanidine groups is 1. The first-order valence-electron chi connectivity index (χ1n) is 11.3. The van der Waals surface area contributed by atoms with Gasteiger partial charge in [-0.05, 0) is 57.0 Å². The van der Waals surface area contributed by atoms with Gasteiger partial charge in [-0.15, -0.1) is 0 Å². The maximum Gasteiger partial charge on any atom is 0.191 e. The van der Waals surface area contributed by atoms with Gasteiger partial charge < -0.3 is 15.4 Å². The average molecular weight is 419 g/mol. The number of nitrogens with one attached hydrogen (secondary N) is 2. The van der Waals surface area contributed by atoms with Crippen molar-refractivity contribution in [3.63, 3.8) is 0 Å². The Kier molecular flexibility index (Phi) is 9.15. The molecule has 1 aromatic carbocycles. The molecule has 2 heterocycles. The molecule has 0 bridgehead atoms. The van der Waals surface area contributed by atoms with Crippen molar-refractivity contribution in [1.82, 2.24) is 15.5 Å². The van der Waals surface area contributed by atoms with Crippen molar-refractivity contribution >= 4 is 17.7 Å². The van der Waals surface area contributed by atoms with Crippen LogP contribution in [0.3, 0.4) is 0 Å². The molecular weight excluding hydrogens is 380 g/mol. The standard InChI is InChI=1S/C23H38N4OS/c1-3-24-22(26-19-23(29-4-2)12-16-28-17-13-23)25-18-21(27-14-8-9-15-27)20-10-6-5-7-11-20/h5-7,10-11,21H,3-4,8-9,12-19H2,1-2H3,(H2,24,25,26). The Morgan fingerprint density at radius 3 is 2.52 bits per heavy atom. The molecule has 0 saturated carbocycles. The Balaban J connectivity index is 1.66. The lowest BCUT2D eigenvalue weighted by molar-refractivity contribution is 0.0793. The van der Waals surface area contributed by atoms with Crippen LogP contribution in [-0.4, -0.2) is 67.3 Å². The molecule has 3 rings (SSSR count). The zero-order valence-corrected chi connectivity index (χ0v) is 19.0. The predicted octanol–water partition coefficient (Wildman–Crippen LogP) is 3.68. The molecule has 2 saturated heterocycles. The van der Waals surface area contributed by atoms with E-state index in [4.69, 9.17) is 9.73 Å². The van der Waals surface area contributed by atoms with Gasteiger partial charge >= 0.3 is 0 Å². The van der Waals surface area contributed by atoms with Crippen molar-refractivity contribution in [2.45, 2.75) is 50.3 Å². The summed E-state index contributed by atoms with van der Waals surface area (Å²) in [5, 5.41) is 7.11. The van der Waals surface area contributed by atoms with Crippen LogP contribution in [0, 0.1) is 0 Å². The van der Waals surface area contributed by atoms with Crippen LogP contribution in [0.15, 0.2) is 35.3 Å². The number of hydrogen-bond acceptors (Lipinski definition) is 4. The summed E-state index contributed by atoms with van der Waals surface area (Å²) in [6.07, 6.45) is 4.79. The Morgan fingerprint density at radius 2 is 1.86 bits per heavy atom. The number of thioether (sulfide) groups is 1. The zero-order chi connectivity index (χ0) is 20.4. The number of aliphatic imine (C=N–C) groups is 1. The Bertz CT molecular complexity index is 607. The van der Waals surface area contributed by atoms with Crippen molar-refractivity contribution in [2.24, 2.45) is 4.99 Å². The van der Waals surface area contributed by atoms with Crippen LogP contribution in [0.1, 0.15) is 51.1 Å². The minimum atomic E-state index is 0.225. The second-order valence-corrected chi connectivity index (χ2v) is 9.71. The third-order valence-electron chi connectivity index (χ3n) is 5.95. The van der Waals surface area contributed by atoms with Gasteiger partial charge in [-0.2, -0.15) is 11.8 Å². The fourth-order valence-electron chi connectivity index (χ4n) is 4.34. The molecule has 2 aliphatic rings. The molecule has 0 aromatic heterocycles. The molecule has 5 nitrogen and oxygen atoms in total. The highest BCUT2D eigenvalue weighted by molar-refractivity contribution is 8.00. The fourth-order valence-corrected chi connectivity index (χ4v) is 5.57. The van der Waals surface area contributed by atoms with E-state index in [0.29, 0.717) is 6.04 Å². The van der Waals surface area contributed by atoms with Crippen LogP contribution in [0.2, 0.25) is 0 Å². The van der Waals surface area contributed by atoms with E-state index in [1.54, 1.807) is 0 Å². The highest BCUT2D eigenvalue weighted by atomic mass is 32.2. The van der Waals surface area contributed by atoms with Gasteiger partial charge in [-0.3, -0.25) is 9.89 Å². The number of nitrogens with zero attached hydrogens (tertiary/aromatic N) is 2. The molecule has 1 unspecified atom stereocenters. The number of likely N-dealkylation sites (tertiary alicyclic amines) is 1. The maximum absolute atomic E-state index is 5.61. The van der Waals surface area contributed by atoms with E-state index in [0.717, 1.165) is 57.4 Å². The minimum Gasteiger partial charge on any atom is -0.381 e. The second kappa shape index (κ2) is 11.8. The summed E-state index contributed by atoms with van der Waals surface area (Å²) in [6, 6.07) is 11.3. The molecule has 2 N–H and O–H groups in total. The van der Waals surface area contributed by atoms with E-state index in [1.807, 2.05) is 0 Å². The largest absolute Gasteiger partial charge is 0.381 e. The topological polar surface area (TPSA) is 48.9 Å². The van der Waals surface area contributed by atoms with Crippen LogP contribution in [0.25, 0.3) is 0 Å². The molecule has 1 aromatic rings. The van der Waals surface area contributed by atoms with Gasteiger partial charge in [-0.1, -0.05) is 37.3 Å². The van der Waals surface area contributed by atoms with Gasteiger partial charge in [0.15, 0.2) is 5.96 Å². The number of hydrogen-bond donors (Lipinski definition) is 2. The molecule has 1 atom stereocenters. The fraction of sp³-hybridized carbons (Fsp3) is 0.696.